The molecule has 32 heavy (non-hydrogen) atoms. The molecule has 1 amide bonds. The number of para-hydroxylation sites is 1. The minimum absolute atomic E-state index is 0.100. The van der Waals surface area contributed by atoms with Crippen LogP contribution in [0.25, 0.3) is 0 Å². The zero-order valence-electron chi connectivity index (χ0n) is 19.1. The van der Waals surface area contributed by atoms with Crippen molar-refractivity contribution in [1.82, 2.24) is 9.80 Å². The van der Waals surface area contributed by atoms with E-state index in [1.54, 1.807) is 12.0 Å². The molecule has 6 nitrogen and oxygen atoms in total. The SMILES string of the molecule is COc1ccccc1CN(C)C(=O)CCCN(CCN1CCOCC1)c1ccc(F)cc1. The third-order valence-electron chi connectivity index (χ3n) is 5.83. The molecule has 1 fully saturated rings. The zero-order valence-corrected chi connectivity index (χ0v) is 19.1. The molecular weight excluding hydrogens is 409 g/mol. The van der Waals surface area contributed by atoms with Crippen molar-refractivity contribution in [2.45, 2.75) is 19.4 Å². The van der Waals surface area contributed by atoms with Gasteiger partial charge in [0.15, 0.2) is 0 Å². The van der Waals surface area contributed by atoms with E-state index >= 15 is 0 Å². The van der Waals surface area contributed by atoms with Crippen molar-refractivity contribution in [3.63, 3.8) is 0 Å². The fourth-order valence-corrected chi connectivity index (χ4v) is 3.90. The molecule has 0 saturated carbocycles. The van der Waals surface area contributed by atoms with Crippen LogP contribution in [0, 0.1) is 5.82 Å². The molecule has 3 rings (SSSR count). The molecule has 1 aliphatic rings. The third kappa shape index (κ3) is 7.21. The van der Waals surface area contributed by atoms with E-state index in [1.807, 2.05) is 43.4 Å². The van der Waals surface area contributed by atoms with E-state index in [0.29, 0.717) is 13.0 Å². The van der Waals surface area contributed by atoms with Crippen LogP contribution in [0.4, 0.5) is 10.1 Å². The van der Waals surface area contributed by atoms with E-state index < -0.39 is 0 Å². The average molecular weight is 444 g/mol. The standard InChI is InChI=1S/C25H34FN3O3/c1-27(20-21-6-3-4-7-24(21)31-2)25(30)8-5-13-29(23-11-9-22(26)10-12-23)15-14-28-16-18-32-19-17-28/h3-4,6-7,9-12H,5,8,13-20H2,1-2H3. The quantitative estimate of drug-likeness (QED) is 0.533. The van der Waals surface area contributed by atoms with Gasteiger partial charge in [-0.3, -0.25) is 9.69 Å². The van der Waals surface area contributed by atoms with Crippen molar-refractivity contribution in [3.05, 3.63) is 59.9 Å². The highest BCUT2D eigenvalue weighted by molar-refractivity contribution is 5.76. The number of carbonyl (C=O) groups excluding carboxylic acids is 1. The third-order valence-corrected chi connectivity index (χ3v) is 5.83. The number of morpholine rings is 1. The molecule has 0 N–H and O–H groups in total. The summed E-state index contributed by atoms with van der Waals surface area (Å²) in [7, 11) is 3.46. The van der Waals surface area contributed by atoms with Crippen LogP contribution >= 0.6 is 0 Å². The maximum absolute atomic E-state index is 13.4. The number of anilines is 1. The summed E-state index contributed by atoms with van der Waals surface area (Å²) in [5, 5.41) is 0. The summed E-state index contributed by atoms with van der Waals surface area (Å²) in [6.45, 7) is 6.41. The van der Waals surface area contributed by atoms with Gasteiger partial charge in [-0.25, -0.2) is 4.39 Å². The number of ether oxygens (including phenoxy) is 2. The first-order chi connectivity index (χ1) is 15.6. The monoisotopic (exact) mass is 443 g/mol. The second-order valence-corrected chi connectivity index (χ2v) is 8.08. The van der Waals surface area contributed by atoms with Crippen molar-refractivity contribution in [3.8, 4) is 5.75 Å². The van der Waals surface area contributed by atoms with Gasteiger partial charge in [0, 0.05) is 64.0 Å². The van der Waals surface area contributed by atoms with Gasteiger partial charge in [-0.15, -0.1) is 0 Å². The molecule has 0 atom stereocenters. The lowest BCUT2D eigenvalue weighted by atomic mass is 10.1. The molecule has 0 radical (unpaired) electrons. The molecule has 2 aromatic rings. The zero-order chi connectivity index (χ0) is 22.8. The Kier molecular flexibility index (Phi) is 9.31. The van der Waals surface area contributed by atoms with Crippen LogP contribution in [0.15, 0.2) is 48.5 Å². The van der Waals surface area contributed by atoms with Crippen LogP contribution in [-0.4, -0.2) is 75.8 Å². The first-order valence-corrected chi connectivity index (χ1v) is 11.2. The summed E-state index contributed by atoms with van der Waals surface area (Å²) in [5.74, 6) is 0.649. The van der Waals surface area contributed by atoms with E-state index in [-0.39, 0.29) is 11.7 Å². The van der Waals surface area contributed by atoms with Gasteiger partial charge in [0.05, 0.1) is 20.3 Å². The number of carbonyl (C=O) groups is 1. The number of amides is 1. The smallest absolute Gasteiger partial charge is 0.222 e. The summed E-state index contributed by atoms with van der Waals surface area (Å²) >= 11 is 0. The van der Waals surface area contributed by atoms with Crippen LogP contribution in [0.3, 0.4) is 0 Å². The van der Waals surface area contributed by atoms with Gasteiger partial charge in [-0.2, -0.15) is 0 Å². The summed E-state index contributed by atoms with van der Waals surface area (Å²) < 4.78 is 24.2. The number of methoxy groups -OCH3 is 1. The summed E-state index contributed by atoms with van der Waals surface area (Å²) in [6, 6.07) is 14.4. The molecule has 0 unspecified atom stereocenters. The Hall–Kier alpha value is -2.64. The Bertz CT molecular complexity index is 841. The van der Waals surface area contributed by atoms with Gasteiger partial charge in [0.1, 0.15) is 11.6 Å². The van der Waals surface area contributed by atoms with Crippen molar-refractivity contribution < 1.29 is 18.7 Å². The first kappa shape index (κ1) is 24.0. The van der Waals surface area contributed by atoms with Gasteiger partial charge in [0.25, 0.3) is 0 Å². The number of benzene rings is 2. The minimum Gasteiger partial charge on any atom is -0.496 e. The Balaban J connectivity index is 1.52. The fourth-order valence-electron chi connectivity index (χ4n) is 3.90. The number of hydrogen-bond acceptors (Lipinski definition) is 5. The Labute approximate surface area is 190 Å². The normalized spacial score (nSPS) is 14.2. The maximum Gasteiger partial charge on any atom is 0.222 e. The minimum atomic E-state index is -0.241. The molecule has 0 bridgehead atoms. The lowest BCUT2D eigenvalue weighted by molar-refractivity contribution is -0.130. The van der Waals surface area contributed by atoms with Crippen LogP contribution in [0.2, 0.25) is 0 Å². The Morgan fingerprint density at radius 2 is 1.81 bits per heavy atom. The topological polar surface area (TPSA) is 45.2 Å². The lowest BCUT2D eigenvalue weighted by Gasteiger charge is -2.31. The molecule has 2 aromatic carbocycles. The number of nitrogens with zero attached hydrogens (tertiary/aromatic N) is 3. The van der Waals surface area contributed by atoms with Gasteiger partial charge in [-0.1, -0.05) is 18.2 Å². The number of rotatable bonds is 11. The van der Waals surface area contributed by atoms with Crippen molar-refractivity contribution in [1.29, 1.82) is 0 Å². The Morgan fingerprint density at radius 3 is 2.53 bits per heavy atom. The van der Waals surface area contributed by atoms with Crippen LogP contribution in [-0.2, 0) is 16.1 Å². The van der Waals surface area contributed by atoms with Gasteiger partial charge in [0.2, 0.25) is 5.91 Å². The molecule has 0 aromatic heterocycles. The molecule has 7 heteroatoms. The predicted octanol–water partition coefficient (Wildman–Crippen LogP) is 3.41. The van der Waals surface area contributed by atoms with Crippen LogP contribution in [0.1, 0.15) is 18.4 Å². The molecule has 0 aliphatic carbocycles. The van der Waals surface area contributed by atoms with Gasteiger partial charge >= 0.3 is 0 Å². The summed E-state index contributed by atoms with van der Waals surface area (Å²) in [5.41, 5.74) is 1.97. The Morgan fingerprint density at radius 1 is 1.09 bits per heavy atom. The number of halogens is 1. The first-order valence-electron chi connectivity index (χ1n) is 11.2. The largest absolute Gasteiger partial charge is 0.496 e. The van der Waals surface area contributed by atoms with Gasteiger partial charge < -0.3 is 19.3 Å². The van der Waals surface area contributed by atoms with E-state index in [1.165, 1.54) is 12.1 Å². The summed E-state index contributed by atoms with van der Waals surface area (Å²) in [4.78, 5) is 19.1. The summed E-state index contributed by atoms with van der Waals surface area (Å²) in [6.07, 6.45) is 1.19. The van der Waals surface area contributed by atoms with Crippen LogP contribution in [0.5, 0.6) is 5.75 Å². The van der Waals surface area contributed by atoms with E-state index in [2.05, 4.69) is 9.80 Å². The fraction of sp³-hybridized carbons (Fsp3) is 0.480. The van der Waals surface area contributed by atoms with E-state index in [4.69, 9.17) is 9.47 Å². The van der Waals surface area contributed by atoms with Crippen LogP contribution < -0.4 is 9.64 Å². The molecular formula is C25H34FN3O3. The van der Waals surface area contributed by atoms with Crippen molar-refractivity contribution >= 4 is 11.6 Å². The van der Waals surface area contributed by atoms with Crippen molar-refractivity contribution in [2.24, 2.45) is 0 Å². The molecule has 174 valence electrons. The maximum atomic E-state index is 13.4. The lowest BCUT2D eigenvalue weighted by Crippen LogP contribution is -2.42. The average Bonchev–Trinajstić information content (AvgIpc) is 2.82. The molecule has 1 saturated heterocycles. The second-order valence-electron chi connectivity index (χ2n) is 8.08. The predicted molar refractivity (Wildman–Crippen MR) is 125 cm³/mol. The molecule has 1 heterocycles. The number of hydrogen-bond donors (Lipinski definition) is 0. The highest BCUT2D eigenvalue weighted by Crippen LogP contribution is 2.20. The second kappa shape index (κ2) is 12.4. The van der Waals surface area contributed by atoms with E-state index in [9.17, 15) is 9.18 Å². The van der Waals surface area contributed by atoms with E-state index in [0.717, 1.165) is 69.4 Å². The van der Waals surface area contributed by atoms with Gasteiger partial charge in [-0.05, 0) is 36.8 Å². The highest BCUT2D eigenvalue weighted by atomic mass is 19.1. The highest BCUT2D eigenvalue weighted by Gasteiger charge is 2.15. The van der Waals surface area contributed by atoms with Crippen molar-refractivity contribution in [2.75, 3.05) is 65.0 Å². The molecule has 0 spiro atoms. The molecule has 1 aliphatic heterocycles.